The molecule has 1 fully saturated rings. The van der Waals surface area contributed by atoms with Gasteiger partial charge in [0.2, 0.25) is 0 Å². The second-order valence-corrected chi connectivity index (χ2v) is 9.77. The van der Waals surface area contributed by atoms with Gasteiger partial charge < -0.3 is 20.1 Å². The molecular formula is C29H29N7O. The van der Waals surface area contributed by atoms with Crippen LogP contribution >= 0.6 is 0 Å². The summed E-state index contributed by atoms with van der Waals surface area (Å²) in [6.45, 7) is 1.93. The lowest BCUT2D eigenvalue weighted by Crippen LogP contribution is -2.46. The number of aromatic nitrogens is 4. The van der Waals surface area contributed by atoms with E-state index in [0.29, 0.717) is 11.3 Å². The summed E-state index contributed by atoms with van der Waals surface area (Å²) in [6.07, 6.45) is 10.9. The van der Waals surface area contributed by atoms with E-state index in [1.165, 1.54) is 5.39 Å². The maximum Gasteiger partial charge on any atom is 0.253 e. The summed E-state index contributed by atoms with van der Waals surface area (Å²) in [6, 6.07) is 14.4. The molecule has 8 heteroatoms. The standard InChI is InChI=1S/C29H29N7O/c1-35-12-3-4-21(18-35)34-29(37)23-7-9-30-17-26(23)33-22-15-24(28-25(16-22)31-10-11-32-28)20-6-5-19-8-13-36(2)27(19)14-20/h5-11,13-17,21,33H,3-4,12,18H2,1-2H3,(H,34,37)/t21-/m0/s1. The number of nitrogens with zero attached hydrogens (tertiary/aromatic N) is 5. The Morgan fingerprint density at radius 2 is 1.92 bits per heavy atom. The van der Waals surface area contributed by atoms with Gasteiger partial charge in [-0.3, -0.25) is 19.7 Å². The minimum absolute atomic E-state index is 0.0971. The van der Waals surface area contributed by atoms with Gasteiger partial charge in [-0.2, -0.15) is 0 Å². The van der Waals surface area contributed by atoms with Crippen LogP contribution in [0.15, 0.2) is 73.4 Å². The number of carbonyl (C=O) groups is 1. The molecule has 1 aliphatic rings. The molecule has 1 atom stereocenters. The summed E-state index contributed by atoms with van der Waals surface area (Å²) in [7, 11) is 4.13. The number of anilines is 2. The van der Waals surface area contributed by atoms with Crippen molar-refractivity contribution in [3.63, 3.8) is 0 Å². The smallest absolute Gasteiger partial charge is 0.253 e. The maximum atomic E-state index is 13.2. The second kappa shape index (κ2) is 9.63. The Kier molecular flexibility index (Phi) is 6.02. The molecule has 0 bridgehead atoms. The van der Waals surface area contributed by atoms with Crippen molar-refractivity contribution in [3.8, 4) is 11.1 Å². The number of aryl methyl sites for hydroxylation is 1. The Morgan fingerprint density at radius 3 is 2.81 bits per heavy atom. The van der Waals surface area contributed by atoms with Gasteiger partial charge in [-0.05, 0) is 67.7 Å². The largest absolute Gasteiger partial charge is 0.354 e. The first-order valence-electron chi connectivity index (χ1n) is 12.6. The second-order valence-electron chi connectivity index (χ2n) is 9.77. The van der Waals surface area contributed by atoms with Crippen molar-refractivity contribution < 1.29 is 4.79 Å². The molecular weight excluding hydrogens is 462 g/mol. The number of amides is 1. The molecule has 2 N–H and O–H groups in total. The molecule has 4 heterocycles. The van der Waals surface area contributed by atoms with E-state index in [1.54, 1.807) is 30.9 Å². The zero-order valence-corrected chi connectivity index (χ0v) is 21.0. The lowest BCUT2D eigenvalue weighted by Gasteiger charge is -2.30. The van der Waals surface area contributed by atoms with Crippen LogP contribution in [-0.4, -0.2) is 56.5 Å². The van der Waals surface area contributed by atoms with Gasteiger partial charge in [0.25, 0.3) is 5.91 Å². The topological polar surface area (TPSA) is 88.0 Å². The number of fused-ring (bicyclic) bond motifs is 2. The van der Waals surface area contributed by atoms with E-state index in [1.807, 2.05) is 13.1 Å². The number of hydrogen-bond acceptors (Lipinski definition) is 6. The van der Waals surface area contributed by atoms with Crippen LogP contribution in [0.5, 0.6) is 0 Å². The first-order chi connectivity index (χ1) is 18.0. The molecule has 1 amide bonds. The highest BCUT2D eigenvalue weighted by atomic mass is 16.1. The Labute approximate surface area is 215 Å². The SMILES string of the molecule is CN1CCC[C@H](NC(=O)c2ccncc2Nc2cc(-c3ccc4ccn(C)c4c3)c3nccnc3c2)C1. The van der Waals surface area contributed by atoms with Crippen LogP contribution in [0.2, 0.25) is 0 Å². The van der Waals surface area contributed by atoms with E-state index < -0.39 is 0 Å². The molecule has 0 unspecified atom stereocenters. The number of rotatable bonds is 5. The van der Waals surface area contributed by atoms with Crippen LogP contribution in [0.4, 0.5) is 11.4 Å². The summed E-state index contributed by atoms with van der Waals surface area (Å²) < 4.78 is 2.11. The Bertz CT molecular complexity index is 1610. The van der Waals surface area contributed by atoms with Gasteiger partial charge in [0.1, 0.15) is 0 Å². The fourth-order valence-electron chi connectivity index (χ4n) is 5.19. The Morgan fingerprint density at radius 1 is 1.03 bits per heavy atom. The van der Waals surface area contributed by atoms with Gasteiger partial charge in [-0.15, -0.1) is 0 Å². The van der Waals surface area contributed by atoms with Gasteiger partial charge in [-0.1, -0.05) is 12.1 Å². The molecule has 5 aromatic rings. The number of nitrogens with one attached hydrogen (secondary N) is 2. The van der Waals surface area contributed by atoms with Crippen molar-refractivity contribution in [2.24, 2.45) is 7.05 Å². The zero-order chi connectivity index (χ0) is 25.4. The molecule has 0 aliphatic carbocycles. The molecule has 8 nitrogen and oxygen atoms in total. The lowest BCUT2D eigenvalue weighted by atomic mass is 10.0. The van der Waals surface area contributed by atoms with Crippen LogP contribution < -0.4 is 10.6 Å². The fourth-order valence-corrected chi connectivity index (χ4v) is 5.19. The summed E-state index contributed by atoms with van der Waals surface area (Å²) in [5.41, 5.74) is 6.79. The van der Waals surface area contributed by atoms with Crippen LogP contribution in [0.25, 0.3) is 33.1 Å². The maximum absolute atomic E-state index is 13.2. The Hall–Kier alpha value is -4.30. The van der Waals surface area contributed by atoms with Crippen LogP contribution in [0.3, 0.4) is 0 Å². The Balaban J connectivity index is 1.36. The third-order valence-corrected chi connectivity index (χ3v) is 7.08. The third-order valence-electron chi connectivity index (χ3n) is 7.08. The van der Waals surface area contributed by atoms with E-state index in [9.17, 15) is 4.79 Å². The third kappa shape index (κ3) is 4.63. The monoisotopic (exact) mass is 491 g/mol. The van der Waals surface area contributed by atoms with Crippen molar-refractivity contribution in [2.75, 3.05) is 25.5 Å². The number of hydrogen-bond donors (Lipinski definition) is 2. The molecule has 3 aromatic heterocycles. The number of pyridine rings is 1. The van der Waals surface area contributed by atoms with Crippen molar-refractivity contribution in [1.29, 1.82) is 0 Å². The quantitative estimate of drug-likeness (QED) is 0.369. The number of benzene rings is 2. The van der Waals surface area contributed by atoms with Crippen LogP contribution in [0.1, 0.15) is 23.2 Å². The average molecular weight is 492 g/mol. The molecule has 186 valence electrons. The molecule has 0 saturated carbocycles. The number of likely N-dealkylation sites (tertiary alicyclic amines) is 1. The number of likely N-dealkylation sites (N-methyl/N-ethyl adjacent to an activating group) is 1. The minimum Gasteiger partial charge on any atom is -0.354 e. The van der Waals surface area contributed by atoms with Crippen molar-refractivity contribution in [1.82, 2.24) is 29.7 Å². The summed E-state index contributed by atoms with van der Waals surface area (Å²) in [5.74, 6) is -0.0971. The summed E-state index contributed by atoms with van der Waals surface area (Å²) in [4.78, 5) is 29.0. The molecule has 2 aromatic carbocycles. The predicted octanol–water partition coefficient (Wildman–Crippen LogP) is 4.75. The highest BCUT2D eigenvalue weighted by Gasteiger charge is 2.21. The highest BCUT2D eigenvalue weighted by Crippen LogP contribution is 2.33. The van der Waals surface area contributed by atoms with E-state index in [-0.39, 0.29) is 11.9 Å². The van der Waals surface area contributed by atoms with Gasteiger partial charge >= 0.3 is 0 Å². The first kappa shape index (κ1) is 23.1. The van der Waals surface area contributed by atoms with Crippen molar-refractivity contribution >= 4 is 39.2 Å². The zero-order valence-electron chi connectivity index (χ0n) is 21.0. The number of carbonyl (C=O) groups excluding carboxylic acids is 1. The molecule has 0 radical (unpaired) electrons. The van der Waals surface area contributed by atoms with Crippen molar-refractivity contribution in [3.05, 3.63) is 79.0 Å². The van der Waals surface area contributed by atoms with Gasteiger partial charge in [0.15, 0.2) is 0 Å². The number of piperidine rings is 1. The molecule has 1 saturated heterocycles. The predicted molar refractivity (Wildman–Crippen MR) is 147 cm³/mol. The van der Waals surface area contributed by atoms with Crippen LogP contribution in [-0.2, 0) is 7.05 Å². The first-order valence-corrected chi connectivity index (χ1v) is 12.6. The highest BCUT2D eigenvalue weighted by molar-refractivity contribution is 6.01. The fraction of sp³-hybridized carbons (Fsp3) is 0.241. The van der Waals surface area contributed by atoms with Crippen LogP contribution in [0, 0.1) is 0 Å². The van der Waals surface area contributed by atoms with E-state index in [0.717, 1.165) is 59.3 Å². The average Bonchev–Trinajstić information content (AvgIpc) is 3.28. The van der Waals surface area contributed by atoms with Gasteiger partial charge in [0, 0.05) is 61.2 Å². The van der Waals surface area contributed by atoms with Crippen molar-refractivity contribution in [2.45, 2.75) is 18.9 Å². The van der Waals surface area contributed by atoms with E-state index in [2.05, 4.69) is 78.6 Å². The van der Waals surface area contributed by atoms with E-state index in [4.69, 9.17) is 0 Å². The van der Waals surface area contributed by atoms with Gasteiger partial charge in [0.05, 0.1) is 28.5 Å². The molecule has 37 heavy (non-hydrogen) atoms. The summed E-state index contributed by atoms with van der Waals surface area (Å²) in [5, 5.41) is 7.83. The van der Waals surface area contributed by atoms with E-state index >= 15 is 0 Å². The summed E-state index contributed by atoms with van der Waals surface area (Å²) >= 11 is 0. The normalized spacial score (nSPS) is 16.2. The molecule has 0 spiro atoms. The molecule has 6 rings (SSSR count). The molecule has 1 aliphatic heterocycles. The minimum atomic E-state index is -0.0971. The van der Waals surface area contributed by atoms with Gasteiger partial charge in [-0.25, -0.2) is 0 Å². The lowest BCUT2D eigenvalue weighted by molar-refractivity contribution is 0.0913.